The maximum absolute atomic E-state index is 3.37. The molecule has 0 bridgehead atoms. The van der Waals surface area contributed by atoms with Gasteiger partial charge in [-0.05, 0) is 19.1 Å². The van der Waals surface area contributed by atoms with Crippen LogP contribution in [0.5, 0.6) is 0 Å². The Morgan fingerprint density at radius 1 is 1.20 bits per heavy atom. The van der Waals surface area contributed by atoms with Gasteiger partial charge >= 0.3 is 0 Å². The molecule has 0 unspecified atom stereocenters. The summed E-state index contributed by atoms with van der Waals surface area (Å²) >= 11 is 1.89. The molecule has 0 saturated carbocycles. The molecule has 1 nitrogen and oxygen atoms in total. The number of thioether (sulfide) groups is 1. The fraction of sp³-hybridized carbons (Fsp3) is 0.385. The van der Waals surface area contributed by atoms with E-state index < -0.39 is 0 Å². The molecular weight excluding hydrogens is 202 g/mol. The van der Waals surface area contributed by atoms with Crippen LogP contribution in [0, 0.1) is 11.8 Å². The third-order valence-electron chi connectivity index (χ3n) is 1.89. The summed E-state index contributed by atoms with van der Waals surface area (Å²) < 4.78 is 0. The van der Waals surface area contributed by atoms with Crippen LogP contribution >= 0.6 is 11.8 Å². The van der Waals surface area contributed by atoms with Crippen molar-refractivity contribution in [2.45, 2.75) is 18.2 Å². The molecule has 0 atom stereocenters. The second kappa shape index (κ2) is 8.40. The first kappa shape index (κ1) is 12.2. The molecule has 0 aliphatic rings. The molecular formula is C13H17NS. The van der Waals surface area contributed by atoms with Gasteiger partial charge in [-0.15, -0.1) is 23.6 Å². The van der Waals surface area contributed by atoms with E-state index in [2.05, 4.69) is 41.4 Å². The molecule has 2 heteroatoms. The molecule has 15 heavy (non-hydrogen) atoms. The molecule has 1 rings (SSSR count). The third kappa shape index (κ3) is 6.22. The van der Waals surface area contributed by atoms with Crippen molar-refractivity contribution in [1.82, 2.24) is 5.32 Å². The Hall–Kier alpha value is -0.910. The van der Waals surface area contributed by atoms with E-state index >= 15 is 0 Å². The quantitative estimate of drug-likeness (QED) is 0.448. The highest BCUT2D eigenvalue weighted by Gasteiger charge is 1.91. The summed E-state index contributed by atoms with van der Waals surface area (Å²) in [5.41, 5.74) is 0. The Morgan fingerprint density at radius 2 is 2.00 bits per heavy atom. The number of nitrogens with one attached hydrogen (secondary N) is 1. The van der Waals surface area contributed by atoms with Gasteiger partial charge < -0.3 is 5.32 Å². The second-order valence-corrected chi connectivity index (χ2v) is 4.26. The number of hydrogen-bond acceptors (Lipinski definition) is 2. The van der Waals surface area contributed by atoms with Crippen LogP contribution in [0.2, 0.25) is 0 Å². The van der Waals surface area contributed by atoms with Crippen molar-refractivity contribution >= 4 is 11.8 Å². The van der Waals surface area contributed by atoms with Crippen LogP contribution in [-0.2, 0) is 0 Å². The van der Waals surface area contributed by atoms with E-state index in [1.165, 1.54) is 4.90 Å². The minimum atomic E-state index is 0.951. The maximum atomic E-state index is 3.37. The molecule has 80 valence electrons. The van der Waals surface area contributed by atoms with E-state index in [0.29, 0.717) is 0 Å². The first-order valence-electron chi connectivity index (χ1n) is 5.21. The summed E-state index contributed by atoms with van der Waals surface area (Å²) in [6.07, 6.45) is 0.951. The van der Waals surface area contributed by atoms with Crippen molar-refractivity contribution in [3.63, 3.8) is 0 Å². The molecule has 0 aromatic heterocycles. The van der Waals surface area contributed by atoms with Gasteiger partial charge in [0.2, 0.25) is 0 Å². The Kier molecular flexibility index (Phi) is 6.81. The van der Waals surface area contributed by atoms with Crippen LogP contribution in [-0.4, -0.2) is 18.8 Å². The molecule has 0 saturated heterocycles. The predicted molar refractivity (Wildman–Crippen MR) is 68.1 cm³/mol. The molecule has 0 amide bonds. The summed E-state index contributed by atoms with van der Waals surface area (Å²) in [7, 11) is 0. The van der Waals surface area contributed by atoms with Gasteiger partial charge in [0.1, 0.15) is 0 Å². The van der Waals surface area contributed by atoms with Gasteiger partial charge in [-0.1, -0.05) is 18.2 Å². The fourth-order valence-electron chi connectivity index (χ4n) is 1.16. The summed E-state index contributed by atoms with van der Waals surface area (Å²) in [4.78, 5) is 1.34. The van der Waals surface area contributed by atoms with Crippen molar-refractivity contribution < 1.29 is 0 Å². The van der Waals surface area contributed by atoms with Gasteiger partial charge in [0, 0.05) is 30.2 Å². The van der Waals surface area contributed by atoms with Crippen molar-refractivity contribution in [2.24, 2.45) is 0 Å². The van der Waals surface area contributed by atoms with Crippen LogP contribution in [0.1, 0.15) is 13.3 Å². The molecule has 0 spiro atoms. The van der Waals surface area contributed by atoms with Crippen LogP contribution in [0.15, 0.2) is 35.2 Å². The zero-order valence-electron chi connectivity index (χ0n) is 9.12. The smallest absolute Gasteiger partial charge is 0.0214 e. The van der Waals surface area contributed by atoms with Crippen LogP contribution in [0.3, 0.4) is 0 Å². The van der Waals surface area contributed by atoms with Gasteiger partial charge in [0.05, 0.1) is 0 Å². The summed E-state index contributed by atoms with van der Waals surface area (Å²) in [5.74, 6) is 7.04. The average molecular weight is 219 g/mol. The van der Waals surface area contributed by atoms with Gasteiger partial charge in [-0.25, -0.2) is 0 Å². The summed E-state index contributed by atoms with van der Waals surface area (Å²) in [6.45, 7) is 3.92. The van der Waals surface area contributed by atoms with Crippen LogP contribution in [0.25, 0.3) is 0 Å². The molecule has 0 radical (unpaired) electrons. The highest BCUT2D eigenvalue weighted by Crippen LogP contribution is 2.15. The molecule has 0 aliphatic heterocycles. The highest BCUT2D eigenvalue weighted by atomic mass is 32.2. The summed E-state index contributed by atoms with van der Waals surface area (Å²) in [5, 5.41) is 3.37. The Labute approximate surface area is 96.7 Å². The normalized spacial score (nSPS) is 9.40. The summed E-state index contributed by atoms with van der Waals surface area (Å²) in [6, 6.07) is 10.5. The first-order chi connectivity index (χ1) is 7.43. The van der Waals surface area contributed by atoms with E-state index in [4.69, 9.17) is 0 Å². The minimum absolute atomic E-state index is 0.951. The van der Waals surface area contributed by atoms with E-state index in [9.17, 15) is 0 Å². The fourth-order valence-corrected chi connectivity index (χ4v) is 1.99. The third-order valence-corrected chi connectivity index (χ3v) is 2.91. The van der Waals surface area contributed by atoms with Gasteiger partial charge in [0.15, 0.2) is 0 Å². The number of hydrogen-bond donors (Lipinski definition) is 1. The van der Waals surface area contributed by atoms with Gasteiger partial charge in [-0.3, -0.25) is 0 Å². The number of benzene rings is 1. The van der Waals surface area contributed by atoms with E-state index in [-0.39, 0.29) is 0 Å². The standard InChI is InChI=1S/C13H17NS/c1-2-3-7-10-14-11-12-15-13-8-5-4-6-9-13/h4-6,8-9,14H,7,10-12H2,1H3. The second-order valence-electron chi connectivity index (χ2n) is 3.09. The average Bonchev–Trinajstić information content (AvgIpc) is 2.29. The van der Waals surface area contributed by atoms with Crippen molar-refractivity contribution in [3.05, 3.63) is 30.3 Å². The van der Waals surface area contributed by atoms with Crippen molar-refractivity contribution in [2.75, 3.05) is 18.8 Å². The molecule has 0 fully saturated rings. The maximum Gasteiger partial charge on any atom is 0.0214 e. The lowest BCUT2D eigenvalue weighted by atomic mass is 10.4. The monoisotopic (exact) mass is 219 g/mol. The minimum Gasteiger partial charge on any atom is -0.315 e. The molecule has 1 aromatic carbocycles. The lowest BCUT2D eigenvalue weighted by Gasteiger charge is -2.02. The van der Waals surface area contributed by atoms with Crippen LogP contribution in [0.4, 0.5) is 0 Å². The lowest BCUT2D eigenvalue weighted by Crippen LogP contribution is -2.17. The molecule has 1 N–H and O–H groups in total. The molecule has 0 heterocycles. The predicted octanol–water partition coefficient (Wildman–Crippen LogP) is 2.78. The topological polar surface area (TPSA) is 12.0 Å². The van der Waals surface area contributed by atoms with Gasteiger partial charge in [0.25, 0.3) is 0 Å². The zero-order valence-corrected chi connectivity index (χ0v) is 9.94. The number of rotatable bonds is 6. The van der Waals surface area contributed by atoms with Crippen LogP contribution < -0.4 is 5.32 Å². The van der Waals surface area contributed by atoms with E-state index in [1.807, 2.05) is 24.8 Å². The van der Waals surface area contributed by atoms with Crippen molar-refractivity contribution in [3.8, 4) is 11.8 Å². The molecule has 1 aromatic rings. The lowest BCUT2D eigenvalue weighted by molar-refractivity contribution is 0.738. The van der Waals surface area contributed by atoms with E-state index in [0.717, 1.165) is 25.3 Å². The highest BCUT2D eigenvalue weighted by molar-refractivity contribution is 7.99. The Bertz CT molecular complexity index is 310. The van der Waals surface area contributed by atoms with Crippen molar-refractivity contribution in [1.29, 1.82) is 0 Å². The SMILES string of the molecule is CC#CCCNCCSc1ccccc1. The first-order valence-corrected chi connectivity index (χ1v) is 6.20. The Balaban J connectivity index is 1.99. The molecule has 0 aliphatic carbocycles. The van der Waals surface area contributed by atoms with Gasteiger partial charge in [-0.2, -0.15) is 0 Å². The zero-order chi connectivity index (χ0) is 10.8. The largest absolute Gasteiger partial charge is 0.315 e. The van der Waals surface area contributed by atoms with E-state index in [1.54, 1.807) is 0 Å². The Morgan fingerprint density at radius 3 is 2.73 bits per heavy atom.